The lowest BCUT2D eigenvalue weighted by Gasteiger charge is -2.20. The van der Waals surface area contributed by atoms with Gasteiger partial charge in [0, 0.05) is 5.56 Å². The van der Waals surface area contributed by atoms with Gasteiger partial charge >= 0.3 is 0 Å². The number of hydrogen-bond acceptors (Lipinski definition) is 2. The Morgan fingerprint density at radius 3 is 2.33 bits per heavy atom. The van der Waals surface area contributed by atoms with Gasteiger partial charge in [-0.15, -0.1) is 0 Å². The van der Waals surface area contributed by atoms with Gasteiger partial charge < -0.3 is 5.11 Å². The number of aliphatic hydroxyl groups is 1. The number of benzene rings is 1. The highest BCUT2D eigenvalue weighted by Crippen LogP contribution is 1.97. The topological polar surface area (TPSA) is 23.5 Å². The Hall–Kier alpha value is -1.30. The third-order valence-electron chi connectivity index (χ3n) is 2.28. The van der Waals surface area contributed by atoms with Crippen LogP contribution in [0.1, 0.15) is 19.4 Å². The molecule has 0 aliphatic carbocycles. The van der Waals surface area contributed by atoms with Crippen LogP contribution in [0.15, 0.2) is 30.3 Å². The van der Waals surface area contributed by atoms with E-state index < -0.39 is 6.23 Å². The van der Waals surface area contributed by atoms with E-state index >= 15 is 0 Å². The van der Waals surface area contributed by atoms with Crippen LogP contribution in [0.2, 0.25) is 0 Å². The zero-order valence-corrected chi connectivity index (χ0v) is 9.27. The molecular weight excluding hydrogens is 186 g/mol. The van der Waals surface area contributed by atoms with E-state index in [4.69, 9.17) is 0 Å². The van der Waals surface area contributed by atoms with Gasteiger partial charge in [-0.25, -0.2) is 0 Å². The summed E-state index contributed by atoms with van der Waals surface area (Å²) in [5, 5.41) is 9.72. The Morgan fingerprint density at radius 1 is 1.20 bits per heavy atom. The number of hydrogen-bond donors (Lipinski definition) is 1. The van der Waals surface area contributed by atoms with E-state index in [1.165, 1.54) is 0 Å². The largest absolute Gasteiger partial charge is 0.367 e. The molecule has 1 aromatic rings. The molecule has 1 atom stereocenters. The first kappa shape index (κ1) is 11.8. The normalized spacial score (nSPS) is 12.0. The lowest BCUT2D eigenvalue weighted by atomic mass is 10.2. The van der Waals surface area contributed by atoms with Gasteiger partial charge in [-0.2, -0.15) is 0 Å². The number of nitrogens with zero attached hydrogens (tertiary/aromatic N) is 1. The number of rotatable bonds is 3. The summed E-state index contributed by atoms with van der Waals surface area (Å²) in [6, 6.07) is 9.69. The molecule has 0 bridgehead atoms. The highest BCUT2D eigenvalue weighted by Gasteiger charge is 2.06. The van der Waals surface area contributed by atoms with Gasteiger partial charge in [-0.3, -0.25) is 4.90 Å². The van der Waals surface area contributed by atoms with Gasteiger partial charge in [-0.1, -0.05) is 38.0 Å². The highest BCUT2D eigenvalue weighted by atomic mass is 16.3. The van der Waals surface area contributed by atoms with Crippen LogP contribution in [0, 0.1) is 11.8 Å². The molecular formula is C13H17NO. The van der Waals surface area contributed by atoms with Gasteiger partial charge in [0.2, 0.25) is 0 Å². The Labute approximate surface area is 91.5 Å². The summed E-state index contributed by atoms with van der Waals surface area (Å²) < 4.78 is 0. The molecule has 0 saturated heterocycles. The lowest BCUT2D eigenvalue weighted by molar-refractivity contribution is 0.0581. The van der Waals surface area contributed by atoms with Crippen molar-refractivity contribution in [3.05, 3.63) is 35.9 Å². The first-order chi connectivity index (χ1) is 7.27. The van der Waals surface area contributed by atoms with E-state index in [0.29, 0.717) is 0 Å². The molecule has 0 radical (unpaired) electrons. The SMILES string of the molecule is CCN(CC)C(O)C#Cc1ccccc1. The molecule has 0 saturated carbocycles. The molecule has 0 amide bonds. The van der Waals surface area contributed by atoms with Crippen molar-refractivity contribution >= 4 is 0 Å². The second-order valence-corrected chi connectivity index (χ2v) is 3.23. The molecule has 2 nitrogen and oxygen atoms in total. The van der Waals surface area contributed by atoms with Gasteiger partial charge in [0.05, 0.1) is 0 Å². The molecule has 0 aliphatic heterocycles. The van der Waals surface area contributed by atoms with Crippen molar-refractivity contribution in [3.63, 3.8) is 0 Å². The standard InChI is InChI=1S/C13H17NO/c1-3-14(4-2)13(15)11-10-12-8-6-5-7-9-12/h5-9,13,15H,3-4H2,1-2H3. The fourth-order valence-electron chi connectivity index (χ4n) is 1.33. The van der Waals surface area contributed by atoms with Crippen LogP contribution in [0.25, 0.3) is 0 Å². The summed E-state index contributed by atoms with van der Waals surface area (Å²) in [4.78, 5) is 1.90. The quantitative estimate of drug-likeness (QED) is 0.597. The average Bonchev–Trinajstić information content (AvgIpc) is 2.29. The number of aliphatic hydroxyl groups excluding tert-OH is 1. The molecule has 2 heteroatoms. The zero-order valence-electron chi connectivity index (χ0n) is 9.27. The summed E-state index contributed by atoms with van der Waals surface area (Å²) >= 11 is 0. The summed E-state index contributed by atoms with van der Waals surface area (Å²) in [5.41, 5.74) is 0.934. The van der Waals surface area contributed by atoms with Crippen molar-refractivity contribution in [1.82, 2.24) is 4.90 Å². The maximum atomic E-state index is 9.72. The van der Waals surface area contributed by atoms with Crippen LogP contribution >= 0.6 is 0 Å². The molecule has 1 aromatic carbocycles. The molecule has 0 spiro atoms. The van der Waals surface area contributed by atoms with Crippen LogP contribution in [0.3, 0.4) is 0 Å². The first-order valence-corrected chi connectivity index (χ1v) is 5.26. The van der Waals surface area contributed by atoms with E-state index in [1.807, 2.05) is 49.1 Å². The predicted octanol–water partition coefficient (Wildman–Crippen LogP) is 1.70. The van der Waals surface area contributed by atoms with Crippen LogP contribution in [0.4, 0.5) is 0 Å². The Bertz CT molecular complexity index is 333. The summed E-state index contributed by atoms with van der Waals surface area (Å²) in [7, 11) is 0. The second kappa shape index (κ2) is 6.23. The summed E-state index contributed by atoms with van der Waals surface area (Å²) in [6.07, 6.45) is -0.666. The van der Waals surface area contributed by atoms with Crippen molar-refractivity contribution in [2.75, 3.05) is 13.1 Å². The molecule has 0 aliphatic rings. The van der Waals surface area contributed by atoms with Gasteiger partial charge in [0.15, 0.2) is 6.23 Å². The van der Waals surface area contributed by atoms with Crippen LogP contribution < -0.4 is 0 Å². The Morgan fingerprint density at radius 2 is 1.80 bits per heavy atom. The molecule has 80 valence electrons. The van der Waals surface area contributed by atoms with Gasteiger partial charge in [0.25, 0.3) is 0 Å². The van der Waals surface area contributed by atoms with E-state index in [-0.39, 0.29) is 0 Å². The van der Waals surface area contributed by atoms with Crippen LogP contribution in [-0.2, 0) is 0 Å². The maximum absolute atomic E-state index is 9.72. The van der Waals surface area contributed by atoms with E-state index in [9.17, 15) is 5.11 Å². The smallest absolute Gasteiger partial charge is 0.171 e. The Balaban J connectivity index is 2.65. The van der Waals surface area contributed by atoms with Crippen LogP contribution in [0.5, 0.6) is 0 Å². The zero-order chi connectivity index (χ0) is 11.1. The highest BCUT2D eigenvalue weighted by molar-refractivity contribution is 5.34. The minimum absolute atomic E-state index is 0.666. The monoisotopic (exact) mass is 203 g/mol. The van der Waals surface area contributed by atoms with Gasteiger partial charge in [-0.05, 0) is 31.1 Å². The fourth-order valence-corrected chi connectivity index (χ4v) is 1.33. The third-order valence-corrected chi connectivity index (χ3v) is 2.28. The van der Waals surface area contributed by atoms with Crippen molar-refractivity contribution in [2.45, 2.75) is 20.1 Å². The minimum Gasteiger partial charge on any atom is -0.367 e. The summed E-state index contributed by atoms with van der Waals surface area (Å²) in [6.45, 7) is 5.64. The molecule has 1 unspecified atom stereocenters. The van der Waals surface area contributed by atoms with Crippen molar-refractivity contribution in [3.8, 4) is 11.8 Å². The van der Waals surface area contributed by atoms with Gasteiger partial charge in [0.1, 0.15) is 0 Å². The van der Waals surface area contributed by atoms with E-state index in [0.717, 1.165) is 18.7 Å². The molecule has 1 N–H and O–H groups in total. The second-order valence-electron chi connectivity index (χ2n) is 3.23. The predicted molar refractivity (Wildman–Crippen MR) is 62.2 cm³/mol. The summed E-state index contributed by atoms with van der Waals surface area (Å²) in [5.74, 6) is 5.78. The van der Waals surface area contributed by atoms with Crippen molar-refractivity contribution < 1.29 is 5.11 Å². The average molecular weight is 203 g/mol. The molecule has 0 fully saturated rings. The maximum Gasteiger partial charge on any atom is 0.171 e. The van der Waals surface area contributed by atoms with Crippen LogP contribution in [-0.4, -0.2) is 29.3 Å². The van der Waals surface area contributed by atoms with Crippen molar-refractivity contribution in [1.29, 1.82) is 0 Å². The molecule has 1 rings (SSSR count). The van der Waals surface area contributed by atoms with Crippen molar-refractivity contribution in [2.24, 2.45) is 0 Å². The fraction of sp³-hybridized carbons (Fsp3) is 0.385. The minimum atomic E-state index is -0.666. The Kier molecular flexibility index (Phi) is 4.89. The first-order valence-electron chi connectivity index (χ1n) is 5.26. The third kappa shape index (κ3) is 3.75. The lowest BCUT2D eigenvalue weighted by Crippen LogP contribution is -2.33. The van der Waals surface area contributed by atoms with E-state index in [2.05, 4.69) is 11.8 Å². The molecule has 0 heterocycles. The molecule has 15 heavy (non-hydrogen) atoms. The molecule has 0 aromatic heterocycles. The van der Waals surface area contributed by atoms with E-state index in [1.54, 1.807) is 0 Å².